The molecule has 1 amide bonds. The van der Waals surface area contributed by atoms with Gasteiger partial charge in [0.2, 0.25) is 0 Å². The summed E-state index contributed by atoms with van der Waals surface area (Å²) in [5.74, 6) is 0.888. The number of rotatable bonds is 8. The standard InChI is InChI=1S/C24H32N2O2/c1-4-22(25-16-20-12-11-18(2)15-19(20)3)21-9-5-6-10-23(21)28-17-24(27)26-13-7-8-14-26/h5-6,9-12,15,22,25H,4,7-8,13-14,16-17H2,1-3H3. The van der Waals surface area contributed by atoms with Gasteiger partial charge in [0, 0.05) is 31.2 Å². The van der Waals surface area contributed by atoms with Gasteiger partial charge in [-0.15, -0.1) is 0 Å². The third kappa shape index (κ3) is 5.14. The third-order valence-electron chi connectivity index (χ3n) is 5.55. The van der Waals surface area contributed by atoms with E-state index in [1.54, 1.807) is 0 Å². The number of carbonyl (C=O) groups excluding carboxylic acids is 1. The Labute approximate surface area is 168 Å². The largest absolute Gasteiger partial charge is 0.483 e. The monoisotopic (exact) mass is 380 g/mol. The Morgan fingerprint density at radius 1 is 1.14 bits per heavy atom. The summed E-state index contributed by atoms with van der Waals surface area (Å²) >= 11 is 0. The maximum Gasteiger partial charge on any atom is 0.260 e. The lowest BCUT2D eigenvalue weighted by Crippen LogP contribution is -2.32. The van der Waals surface area contributed by atoms with Crippen molar-refractivity contribution in [2.75, 3.05) is 19.7 Å². The van der Waals surface area contributed by atoms with Crippen LogP contribution in [-0.4, -0.2) is 30.5 Å². The van der Waals surface area contributed by atoms with E-state index in [0.717, 1.165) is 50.2 Å². The summed E-state index contributed by atoms with van der Waals surface area (Å²) in [6.07, 6.45) is 3.15. The Kier molecular flexibility index (Phi) is 7.10. The normalized spacial score (nSPS) is 14.9. The molecule has 28 heavy (non-hydrogen) atoms. The average molecular weight is 381 g/mol. The Balaban J connectivity index is 1.65. The lowest BCUT2D eigenvalue weighted by Gasteiger charge is -2.22. The van der Waals surface area contributed by atoms with Gasteiger partial charge in [0.1, 0.15) is 5.75 Å². The summed E-state index contributed by atoms with van der Waals surface area (Å²) in [6, 6.07) is 14.8. The van der Waals surface area contributed by atoms with Crippen LogP contribution in [0.1, 0.15) is 54.5 Å². The second-order valence-electron chi connectivity index (χ2n) is 7.69. The Morgan fingerprint density at radius 2 is 1.89 bits per heavy atom. The van der Waals surface area contributed by atoms with Gasteiger partial charge in [-0.25, -0.2) is 0 Å². The second-order valence-corrected chi connectivity index (χ2v) is 7.69. The first-order valence-electron chi connectivity index (χ1n) is 10.4. The van der Waals surface area contributed by atoms with Gasteiger partial charge < -0.3 is 15.0 Å². The van der Waals surface area contributed by atoms with E-state index in [1.807, 2.05) is 23.1 Å². The number of benzene rings is 2. The predicted molar refractivity (Wildman–Crippen MR) is 114 cm³/mol. The molecule has 1 saturated heterocycles. The molecule has 0 aromatic heterocycles. The fourth-order valence-corrected chi connectivity index (χ4v) is 3.85. The van der Waals surface area contributed by atoms with Gasteiger partial charge >= 0.3 is 0 Å². The molecule has 2 aromatic carbocycles. The van der Waals surface area contributed by atoms with Crippen LogP contribution in [0, 0.1) is 13.8 Å². The van der Waals surface area contributed by atoms with Gasteiger partial charge in [-0.05, 0) is 50.3 Å². The first-order valence-corrected chi connectivity index (χ1v) is 10.4. The number of hydrogen-bond acceptors (Lipinski definition) is 3. The molecule has 1 fully saturated rings. The number of aryl methyl sites for hydroxylation is 2. The highest BCUT2D eigenvalue weighted by atomic mass is 16.5. The van der Waals surface area contributed by atoms with Crippen molar-refractivity contribution in [2.45, 2.75) is 52.6 Å². The molecule has 2 aromatic rings. The maximum absolute atomic E-state index is 12.3. The van der Waals surface area contributed by atoms with Crippen molar-refractivity contribution in [3.63, 3.8) is 0 Å². The summed E-state index contributed by atoms with van der Waals surface area (Å²) in [5, 5.41) is 3.67. The fourth-order valence-electron chi connectivity index (χ4n) is 3.85. The number of ether oxygens (including phenoxy) is 1. The van der Waals surface area contributed by atoms with Gasteiger partial charge in [-0.2, -0.15) is 0 Å². The van der Waals surface area contributed by atoms with E-state index >= 15 is 0 Å². The number of hydrogen-bond donors (Lipinski definition) is 1. The van der Waals surface area contributed by atoms with Crippen LogP contribution in [-0.2, 0) is 11.3 Å². The van der Waals surface area contributed by atoms with Gasteiger partial charge in [0.25, 0.3) is 5.91 Å². The summed E-state index contributed by atoms with van der Waals surface area (Å²) in [4.78, 5) is 14.2. The van der Waals surface area contributed by atoms with Gasteiger partial charge in [-0.1, -0.05) is 48.9 Å². The molecule has 150 valence electrons. The third-order valence-corrected chi connectivity index (χ3v) is 5.55. The van der Waals surface area contributed by atoms with Crippen molar-refractivity contribution >= 4 is 5.91 Å². The number of nitrogens with one attached hydrogen (secondary N) is 1. The predicted octanol–water partition coefficient (Wildman–Crippen LogP) is 4.55. The molecule has 0 spiro atoms. The lowest BCUT2D eigenvalue weighted by molar-refractivity contribution is -0.132. The van der Waals surface area contributed by atoms with Crippen LogP contribution in [0.3, 0.4) is 0 Å². The molecule has 1 unspecified atom stereocenters. The Morgan fingerprint density at radius 3 is 2.61 bits per heavy atom. The van der Waals surface area contributed by atoms with Crippen molar-refractivity contribution in [1.29, 1.82) is 0 Å². The highest BCUT2D eigenvalue weighted by molar-refractivity contribution is 5.78. The fraction of sp³-hybridized carbons (Fsp3) is 0.458. The maximum atomic E-state index is 12.3. The molecular formula is C24H32N2O2. The second kappa shape index (κ2) is 9.74. The zero-order chi connectivity index (χ0) is 19.9. The molecule has 0 radical (unpaired) electrons. The molecule has 1 heterocycles. The highest BCUT2D eigenvalue weighted by Gasteiger charge is 2.20. The van der Waals surface area contributed by atoms with E-state index in [4.69, 9.17) is 4.74 Å². The first-order chi connectivity index (χ1) is 13.6. The van der Waals surface area contributed by atoms with Crippen molar-refractivity contribution in [1.82, 2.24) is 10.2 Å². The quantitative estimate of drug-likeness (QED) is 0.731. The molecule has 1 atom stereocenters. The van der Waals surface area contributed by atoms with Crippen LogP contribution in [0.5, 0.6) is 5.75 Å². The van der Waals surface area contributed by atoms with Crippen LogP contribution in [0.4, 0.5) is 0 Å². The van der Waals surface area contributed by atoms with Crippen molar-refractivity contribution in [2.24, 2.45) is 0 Å². The minimum Gasteiger partial charge on any atom is -0.483 e. The molecule has 0 aliphatic carbocycles. The first kappa shape index (κ1) is 20.4. The van der Waals surface area contributed by atoms with Crippen molar-refractivity contribution < 1.29 is 9.53 Å². The Bertz CT molecular complexity index is 797. The van der Waals surface area contributed by atoms with Gasteiger partial charge in [0.05, 0.1) is 0 Å². The van der Waals surface area contributed by atoms with E-state index in [1.165, 1.54) is 16.7 Å². The van der Waals surface area contributed by atoms with E-state index in [-0.39, 0.29) is 18.6 Å². The van der Waals surface area contributed by atoms with E-state index in [9.17, 15) is 4.79 Å². The summed E-state index contributed by atoms with van der Waals surface area (Å²) in [6.45, 7) is 9.10. The van der Waals surface area contributed by atoms with Crippen LogP contribution >= 0.6 is 0 Å². The number of amides is 1. The molecule has 0 saturated carbocycles. The van der Waals surface area contributed by atoms with E-state index in [0.29, 0.717) is 0 Å². The number of likely N-dealkylation sites (tertiary alicyclic amines) is 1. The molecule has 0 bridgehead atoms. The zero-order valence-electron chi connectivity index (χ0n) is 17.3. The number of para-hydroxylation sites is 1. The minimum absolute atomic E-state index is 0.0867. The minimum atomic E-state index is 0.0867. The average Bonchev–Trinajstić information content (AvgIpc) is 3.23. The van der Waals surface area contributed by atoms with Crippen molar-refractivity contribution in [3.8, 4) is 5.75 Å². The highest BCUT2D eigenvalue weighted by Crippen LogP contribution is 2.28. The number of carbonyl (C=O) groups is 1. The Hall–Kier alpha value is -2.33. The van der Waals surface area contributed by atoms with Crippen LogP contribution in [0.15, 0.2) is 42.5 Å². The number of nitrogens with zero attached hydrogens (tertiary/aromatic N) is 1. The SMILES string of the molecule is CCC(NCc1ccc(C)cc1C)c1ccccc1OCC(=O)N1CCCC1. The molecule has 1 N–H and O–H groups in total. The van der Waals surface area contributed by atoms with Gasteiger partial charge in [0.15, 0.2) is 6.61 Å². The molecule has 1 aliphatic heterocycles. The smallest absolute Gasteiger partial charge is 0.260 e. The van der Waals surface area contributed by atoms with Crippen LogP contribution < -0.4 is 10.1 Å². The molecule has 3 rings (SSSR count). The van der Waals surface area contributed by atoms with Crippen LogP contribution in [0.25, 0.3) is 0 Å². The van der Waals surface area contributed by atoms with E-state index in [2.05, 4.69) is 50.4 Å². The summed E-state index contributed by atoms with van der Waals surface area (Å²) in [5.41, 5.74) is 5.02. The summed E-state index contributed by atoms with van der Waals surface area (Å²) in [7, 11) is 0. The molecular weight excluding hydrogens is 348 g/mol. The van der Waals surface area contributed by atoms with Gasteiger partial charge in [-0.3, -0.25) is 4.79 Å². The van der Waals surface area contributed by atoms with Crippen molar-refractivity contribution in [3.05, 3.63) is 64.7 Å². The molecule has 4 heteroatoms. The topological polar surface area (TPSA) is 41.6 Å². The molecule has 1 aliphatic rings. The van der Waals surface area contributed by atoms with Crippen LogP contribution in [0.2, 0.25) is 0 Å². The van der Waals surface area contributed by atoms with E-state index < -0.39 is 0 Å². The molecule has 4 nitrogen and oxygen atoms in total. The zero-order valence-corrected chi connectivity index (χ0v) is 17.3. The summed E-state index contributed by atoms with van der Waals surface area (Å²) < 4.78 is 5.95. The lowest BCUT2D eigenvalue weighted by atomic mass is 10.0.